The fourth-order valence-corrected chi connectivity index (χ4v) is 4.94. The predicted octanol–water partition coefficient (Wildman–Crippen LogP) is -1.20. The molecule has 14 nitrogen and oxygen atoms in total. The SMILES string of the molecule is [2H]C([2H])(Oc1ccc(Nc2ncnc3ccc(-c4ccc(CN(C(=O)OCOP(=O)([O-])[O-])C([2H])([2H])CS(C)(=O)=O)o4)cc23)cc1Cl)c1cccc(F)c1.[Na+].[Na+]. The van der Waals surface area contributed by atoms with Crippen molar-refractivity contribution in [2.24, 2.45) is 0 Å². The van der Waals surface area contributed by atoms with Crippen molar-refractivity contribution in [2.75, 3.05) is 30.6 Å². The average Bonchev–Trinajstić information content (AvgIpc) is 3.52. The molecule has 51 heavy (non-hydrogen) atoms. The van der Waals surface area contributed by atoms with Crippen molar-refractivity contribution >= 4 is 57.8 Å². The molecule has 5 aromatic rings. The number of carbonyl (C=O) groups excluding carboxylic acids is 1. The number of nitrogens with one attached hydrogen (secondary N) is 1. The standard InChI is InChI=1S/C31H29ClFN4O10PS.2Na/c1-49(42,43)12-11-37(31(38)45-19-46-48(39,40)41)16-24-7-10-28(47-24)21-5-8-27-25(14-21)30(35-18-34-27)36-23-6-9-29(26(32)15-23)44-17-20-3-2-4-22(33)13-20;;/h2-10,13-15,18H,11-12,16-17,19H2,1H3,(H,34,35,36)(H2,39,40,41);;/q;2*+1/p-2/i11D2,17D2;;. The molecule has 0 fully saturated rings. The zero-order valence-corrected chi connectivity index (χ0v) is 33.6. The second-order valence-corrected chi connectivity index (χ2v) is 13.8. The molecule has 1 amide bonds. The van der Waals surface area contributed by atoms with Crippen molar-refractivity contribution in [1.29, 1.82) is 0 Å². The number of hydrogen-bond acceptors (Lipinski definition) is 13. The first-order valence-electron chi connectivity index (χ1n) is 15.8. The Morgan fingerprint density at radius 2 is 1.88 bits per heavy atom. The van der Waals surface area contributed by atoms with Crippen LogP contribution in [-0.2, 0) is 36.8 Å². The molecular weight excluding hydrogens is 752 g/mol. The van der Waals surface area contributed by atoms with Crippen LogP contribution in [0.15, 0.2) is 83.5 Å². The van der Waals surface area contributed by atoms with Crippen LogP contribution in [0.1, 0.15) is 16.8 Å². The van der Waals surface area contributed by atoms with E-state index in [2.05, 4.69) is 24.5 Å². The van der Waals surface area contributed by atoms with Crippen LogP contribution in [0.25, 0.3) is 22.2 Å². The van der Waals surface area contributed by atoms with E-state index in [9.17, 15) is 32.0 Å². The van der Waals surface area contributed by atoms with Crippen LogP contribution in [0.3, 0.4) is 0 Å². The minimum atomic E-state index is -5.54. The molecule has 0 aliphatic heterocycles. The molecule has 0 atom stereocenters. The molecule has 2 aromatic heterocycles. The Kier molecular flexibility index (Phi) is 13.7. The molecule has 0 spiro atoms. The Morgan fingerprint density at radius 1 is 1.10 bits per heavy atom. The number of hydrogen-bond donors (Lipinski definition) is 1. The summed E-state index contributed by atoms with van der Waals surface area (Å²) in [6.07, 6.45) is 0.530. The van der Waals surface area contributed by atoms with Gasteiger partial charge in [0.25, 0.3) is 0 Å². The number of anilines is 2. The molecule has 0 unspecified atom stereocenters. The molecule has 2 heterocycles. The zero-order valence-electron chi connectivity index (χ0n) is 31.2. The first-order valence-corrected chi connectivity index (χ1v) is 17.7. The van der Waals surface area contributed by atoms with Gasteiger partial charge in [-0.15, -0.1) is 0 Å². The summed E-state index contributed by atoms with van der Waals surface area (Å²) in [6.45, 7) is -7.32. The maximum absolute atomic E-state index is 13.7. The molecule has 0 aliphatic rings. The summed E-state index contributed by atoms with van der Waals surface area (Å²) in [6, 6.07) is 17.3. The number of aromatic nitrogens is 2. The van der Waals surface area contributed by atoms with Crippen LogP contribution >= 0.6 is 19.4 Å². The number of phosphoric ester groups is 1. The van der Waals surface area contributed by atoms with Gasteiger partial charge in [-0.2, -0.15) is 0 Å². The molecule has 0 bridgehead atoms. The summed E-state index contributed by atoms with van der Waals surface area (Å²) in [5, 5.41) is 3.67. The van der Waals surface area contributed by atoms with Crippen molar-refractivity contribution in [3.8, 4) is 17.1 Å². The van der Waals surface area contributed by atoms with Crippen LogP contribution in [-0.4, -0.2) is 54.7 Å². The van der Waals surface area contributed by atoms with Gasteiger partial charge in [0.2, 0.25) is 0 Å². The minimum absolute atomic E-state index is 0. The molecular formula is C31H27ClFN4Na2O10PS. The first kappa shape index (κ1) is 36.8. The third-order valence-electron chi connectivity index (χ3n) is 6.32. The molecule has 0 aliphatic carbocycles. The number of phosphoric acid groups is 1. The number of benzene rings is 3. The number of rotatable bonds is 14. The average molecular weight is 783 g/mol. The Labute approximate surface area is 347 Å². The number of amides is 1. The van der Waals surface area contributed by atoms with Crippen molar-refractivity contribution in [3.63, 3.8) is 0 Å². The largest absolute Gasteiger partial charge is 1.00 e. The van der Waals surface area contributed by atoms with Gasteiger partial charge in [-0.1, -0.05) is 23.7 Å². The Bertz CT molecular complexity index is 2330. The Balaban J connectivity index is 0.00000406. The van der Waals surface area contributed by atoms with Crippen molar-refractivity contribution in [1.82, 2.24) is 14.9 Å². The van der Waals surface area contributed by atoms with Crippen molar-refractivity contribution in [2.45, 2.75) is 13.1 Å². The third kappa shape index (κ3) is 13.1. The maximum Gasteiger partial charge on any atom is 1.00 e. The van der Waals surface area contributed by atoms with Crippen LogP contribution in [0.2, 0.25) is 5.02 Å². The number of halogens is 2. The number of sulfone groups is 1. The van der Waals surface area contributed by atoms with Gasteiger partial charge in [-0.05, 0) is 66.2 Å². The number of carbonyl (C=O) groups is 1. The van der Waals surface area contributed by atoms with Gasteiger partial charge in [-0.25, -0.2) is 27.6 Å². The Morgan fingerprint density at radius 3 is 2.59 bits per heavy atom. The summed E-state index contributed by atoms with van der Waals surface area (Å²) in [4.78, 5) is 43.2. The smallest absolute Gasteiger partial charge is 0.790 e. The topological polar surface area (TPSA) is 196 Å². The third-order valence-corrected chi connectivity index (χ3v) is 7.70. The number of furan rings is 1. The van der Waals surface area contributed by atoms with E-state index in [0.717, 1.165) is 12.3 Å². The monoisotopic (exact) mass is 782 g/mol. The van der Waals surface area contributed by atoms with E-state index in [1.807, 2.05) is 0 Å². The van der Waals surface area contributed by atoms with Crippen molar-refractivity contribution in [3.05, 3.63) is 101 Å². The second kappa shape index (κ2) is 19.0. The molecule has 258 valence electrons. The molecule has 0 saturated heterocycles. The Hall–Kier alpha value is -2.57. The van der Waals surface area contributed by atoms with Crippen LogP contribution in [0, 0.1) is 5.82 Å². The molecule has 0 radical (unpaired) electrons. The molecule has 20 heteroatoms. The van der Waals surface area contributed by atoms with Gasteiger partial charge < -0.3 is 38.1 Å². The summed E-state index contributed by atoms with van der Waals surface area (Å²) in [5.41, 5.74) is 1.38. The predicted molar refractivity (Wildman–Crippen MR) is 173 cm³/mol. The first-order chi connectivity index (χ1) is 24.7. The van der Waals surface area contributed by atoms with E-state index < -0.39 is 61.7 Å². The van der Waals surface area contributed by atoms with Gasteiger partial charge in [0.05, 0.1) is 36.1 Å². The molecule has 3 aromatic carbocycles. The number of nitrogens with zero attached hydrogens (tertiary/aromatic N) is 3. The summed E-state index contributed by atoms with van der Waals surface area (Å²) in [5.74, 6) is -1.26. The summed E-state index contributed by atoms with van der Waals surface area (Å²) < 4.78 is 101. The van der Waals surface area contributed by atoms with E-state index >= 15 is 0 Å². The van der Waals surface area contributed by atoms with E-state index in [-0.39, 0.29) is 87.0 Å². The fraction of sp³-hybridized carbons (Fsp3) is 0.194. The van der Waals surface area contributed by atoms with Gasteiger partial charge in [0.15, 0.2) is 6.79 Å². The molecule has 1 N–H and O–H groups in total. The van der Waals surface area contributed by atoms with Crippen LogP contribution in [0.4, 0.5) is 20.7 Å². The fourth-order valence-electron chi connectivity index (χ4n) is 4.15. The second-order valence-electron chi connectivity index (χ2n) is 10.1. The van der Waals surface area contributed by atoms with Crippen LogP contribution in [0.5, 0.6) is 5.75 Å². The van der Waals surface area contributed by atoms with E-state index in [0.29, 0.717) is 32.9 Å². The van der Waals surface area contributed by atoms with Crippen LogP contribution < -0.4 is 79.0 Å². The van der Waals surface area contributed by atoms with E-state index in [1.165, 1.54) is 48.8 Å². The quantitative estimate of drug-likeness (QED) is 0.0803. The van der Waals surface area contributed by atoms with Gasteiger partial charge in [0.1, 0.15) is 51.6 Å². The summed E-state index contributed by atoms with van der Waals surface area (Å²) in [7, 11) is -9.53. The number of fused-ring (bicyclic) bond motifs is 1. The molecule has 0 saturated carbocycles. The minimum Gasteiger partial charge on any atom is -0.790 e. The summed E-state index contributed by atoms with van der Waals surface area (Å²) >= 11 is 6.43. The normalized spacial score (nSPS) is 13.0. The van der Waals surface area contributed by atoms with Gasteiger partial charge in [0, 0.05) is 29.4 Å². The maximum atomic E-state index is 13.7. The van der Waals surface area contributed by atoms with Gasteiger partial charge in [-0.3, -0.25) is 4.90 Å². The van der Waals surface area contributed by atoms with E-state index in [4.69, 9.17) is 26.2 Å². The molecule has 5 rings (SSSR count). The van der Waals surface area contributed by atoms with Crippen molar-refractivity contribution < 1.29 is 115 Å². The van der Waals surface area contributed by atoms with Gasteiger partial charge >= 0.3 is 65.2 Å². The number of ether oxygens (including phenoxy) is 2. The zero-order chi connectivity index (χ0) is 38.8. The van der Waals surface area contributed by atoms with E-state index in [1.54, 1.807) is 24.3 Å².